The molecule has 1 aliphatic heterocycles. The predicted molar refractivity (Wildman–Crippen MR) is 106 cm³/mol. The molecular weight excluding hydrogens is 362 g/mol. The Kier molecular flexibility index (Phi) is 4.57. The molecule has 1 saturated heterocycles. The van der Waals surface area contributed by atoms with Crippen LogP contribution in [0.2, 0.25) is 0 Å². The van der Waals surface area contributed by atoms with Crippen LogP contribution in [-0.2, 0) is 9.59 Å². The summed E-state index contributed by atoms with van der Waals surface area (Å²) in [6.07, 6.45) is 3.79. The second-order valence-electron chi connectivity index (χ2n) is 6.54. The number of pyridine rings is 1. The topological polar surface area (TPSA) is 91.0 Å². The minimum absolute atomic E-state index is 0.0358. The van der Waals surface area contributed by atoms with E-state index in [2.05, 4.69) is 20.5 Å². The van der Waals surface area contributed by atoms with E-state index in [0.29, 0.717) is 17.9 Å². The number of rotatable bonds is 4. The molecule has 8 heteroatoms. The van der Waals surface area contributed by atoms with E-state index in [1.807, 2.05) is 43.5 Å². The number of nitrogens with zero attached hydrogens (tertiary/aromatic N) is 3. The number of nitrogens with one attached hydrogen (secondary N) is 2. The lowest BCUT2D eigenvalue weighted by atomic mass is 10.1. The molecule has 0 spiro atoms. The number of fused-ring (bicyclic) bond motifs is 1. The molecule has 1 unspecified atom stereocenters. The maximum atomic E-state index is 12.7. The van der Waals surface area contributed by atoms with E-state index in [4.69, 9.17) is 0 Å². The number of carbonyl (C=O) groups excluding carboxylic acids is 2. The van der Waals surface area contributed by atoms with Crippen molar-refractivity contribution in [2.45, 2.75) is 18.2 Å². The maximum Gasteiger partial charge on any atom is 0.229 e. The third kappa shape index (κ3) is 3.40. The van der Waals surface area contributed by atoms with Crippen LogP contribution in [0.4, 0.5) is 11.4 Å². The lowest BCUT2D eigenvalue weighted by Crippen LogP contribution is -2.28. The standard InChI is InChI=1S/C19H19N5O2S/c1-11-16-8-13(9-20-18(16)23-22-11)21-19(26)12-7-17(25)24(10-12)14-3-5-15(27-2)6-4-14/h3-6,8-9,12H,7,10H2,1-2H3,(H,21,26)(H,20,22,23). The molecule has 138 valence electrons. The molecule has 7 nitrogen and oxygen atoms in total. The number of aryl methyl sites for hydroxylation is 1. The molecule has 0 bridgehead atoms. The van der Waals surface area contributed by atoms with E-state index in [1.165, 1.54) is 0 Å². The summed E-state index contributed by atoms with van der Waals surface area (Å²) in [5.41, 5.74) is 2.93. The van der Waals surface area contributed by atoms with E-state index in [-0.39, 0.29) is 24.2 Å². The van der Waals surface area contributed by atoms with Crippen LogP contribution in [0.5, 0.6) is 0 Å². The van der Waals surface area contributed by atoms with Crippen LogP contribution in [-0.4, -0.2) is 39.8 Å². The Morgan fingerprint density at radius 3 is 2.85 bits per heavy atom. The highest BCUT2D eigenvalue weighted by molar-refractivity contribution is 7.98. The van der Waals surface area contributed by atoms with Crippen LogP contribution in [0, 0.1) is 12.8 Å². The molecule has 1 aromatic carbocycles. The van der Waals surface area contributed by atoms with Crippen molar-refractivity contribution >= 4 is 46.0 Å². The van der Waals surface area contributed by atoms with E-state index in [1.54, 1.807) is 22.9 Å². The maximum absolute atomic E-state index is 12.7. The first-order valence-corrected chi connectivity index (χ1v) is 9.83. The lowest BCUT2D eigenvalue weighted by molar-refractivity contribution is -0.122. The Balaban J connectivity index is 1.47. The van der Waals surface area contributed by atoms with Gasteiger partial charge in [-0.3, -0.25) is 14.7 Å². The molecule has 0 aliphatic carbocycles. The van der Waals surface area contributed by atoms with Gasteiger partial charge in [-0.25, -0.2) is 4.98 Å². The second-order valence-corrected chi connectivity index (χ2v) is 7.42. The van der Waals surface area contributed by atoms with Gasteiger partial charge in [0.05, 0.1) is 17.8 Å². The minimum Gasteiger partial charge on any atom is -0.324 e. The number of carbonyl (C=O) groups is 2. The molecule has 2 aromatic heterocycles. The zero-order valence-corrected chi connectivity index (χ0v) is 15.8. The molecule has 27 heavy (non-hydrogen) atoms. The highest BCUT2D eigenvalue weighted by Gasteiger charge is 2.35. The van der Waals surface area contributed by atoms with Gasteiger partial charge in [0.2, 0.25) is 11.8 Å². The van der Waals surface area contributed by atoms with Gasteiger partial charge < -0.3 is 10.2 Å². The average Bonchev–Trinajstić information content (AvgIpc) is 3.25. The largest absolute Gasteiger partial charge is 0.324 e. The van der Waals surface area contributed by atoms with Crippen molar-refractivity contribution < 1.29 is 9.59 Å². The summed E-state index contributed by atoms with van der Waals surface area (Å²) in [7, 11) is 0. The first kappa shape index (κ1) is 17.5. The number of thioether (sulfide) groups is 1. The zero-order chi connectivity index (χ0) is 19.0. The molecular formula is C19H19N5O2S. The van der Waals surface area contributed by atoms with Gasteiger partial charge >= 0.3 is 0 Å². The molecule has 2 N–H and O–H groups in total. The number of anilines is 2. The fraction of sp³-hybridized carbons (Fsp3) is 0.263. The Morgan fingerprint density at radius 1 is 1.33 bits per heavy atom. The predicted octanol–water partition coefficient (Wildman–Crippen LogP) is 2.98. The third-order valence-corrected chi connectivity index (χ3v) is 5.49. The molecule has 1 atom stereocenters. The van der Waals surface area contributed by atoms with Crippen LogP contribution in [0.25, 0.3) is 11.0 Å². The van der Waals surface area contributed by atoms with Gasteiger partial charge in [0, 0.05) is 34.6 Å². The number of H-pyrrole nitrogens is 1. The van der Waals surface area contributed by atoms with Crippen molar-refractivity contribution in [1.82, 2.24) is 15.2 Å². The molecule has 1 fully saturated rings. The van der Waals surface area contributed by atoms with Gasteiger partial charge in [-0.1, -0.05) is 0 Å². The van der Waals surface area contributed by atoms with Crippen LogP contribution < -0.4 is 10.2 Å². The number of benzene rings is 1. The smallest absolute Gasteiger partial charge is 0.229 e. The van der Waals surface area contributed by atoms with Crippen molar-refractivity contribution in [2.24, 2.45) is 5.92 Å². The van der Waals surface area contributed by atoms with Crippen molar-refractivity contribution in [2.75, 3.05) is 23.0 Å². The summed E-state index contributed by atoms with van der Waals surface area (Å²) in [6, 6.07) is 9.64. The molecule has 0 saturated carbocycles. The van der Waals surface area contributed by atoms with Crippen molar-refractivity contribution in [3.05, 3.63) is 42.2 Å². The van der Waals surface area contributed by atoms with E-state index in [0.717, 1.165) is 21.7 Å². The summed E-state index contributed by atoms with van der Waals surface area (Å²) >= 11 is 1.65. The highest BCUT2D eigenvalue weighted by atomic mass is 32.2. The number of aromatic amines is 1. The number of hydrogen-bond donors (Lipinski definition) is 2. The summed E-state index contributed by atoms with van der Waals surface area (Å²) in [5.74, 6) is -0.598. The number of amides is 2. The van der Waals surface area contributed by atoms with Crippen molar-refractivity contribution in [1.29, 1.82) is 0 Å². The van der Waals surface area contributed by atoms with E-state index < -0.39 is 0 Å². The molecule has 3 heterocycles. The molecule has 4 rings (SSSR count). The summed E-state index contributed by atoms with van der Waals surface area (Å²) in [5, 5.41) is 10.7. The Morgan fingerprint density at radius 2 is 2.11 bits per heavy atom. The highest BCUT2D eigenvalue weighted by Crippen LogP contribution is 2.28. The SMILES string of the molecule is CSc1ccc(N2CC(C(=O)Nc3cnc4n[nH]c(C)c4c3)CC2=O)cc1. The normalized spacial score (nSPS) is 16.9. The van der Waals surface area contributed by atoms with Crippen LogP contribution >= 0.6 is 11.8 Å². The fourth-order valence-electron chi connectivity index (χ4n) is 3.23. The molecule has 0 radical (unpaired) electrons. The zero-order valence-electron chi connectivity index (χ0n) is 15.0. The van der Waals surface area contributed by atoms with Crippen LogP contribution in [0.3, 0.4) is 0 Å². The van der Waals surface area contributed by atoms with Gasteiger partial charge in [-0.05, 0) is 43.5 Å². The quantitative estimate of drug-likeness (QED) is 0.678. The summed E-state index contributed by atoms with van der Waals surface area (Å²) in [6.45, 7) is 2.28. The van der Waals surface area contributed by atoms with Gasteiger partial charge in [-0.2, -0.15) is 5.10 Å². The molecule has 1 aliphatic rings. The van der Waals surface area contributed by atoms with Crippen molar-refractivity contribution in [3.63, 3.8) is 0 Å². The van der Waals surface area contributed by atoms with Gasteiger partial charge in [0.15, 0.2) is 5.65 Å². The van der Waals surface area contributed by atoms with Crippen LogP contribution in [0.15, 0.2) is 41.4 Å². The first-order chi connectivity index (χ1) is 13.0. The van der Waals surface area contributed by atoms with E-state index in [9.17, 15) is 9.59 Å². The van der Waals surface area contributed by atoms with E-state index >= 15 is 0 Å². The van der Waals surface area contributed by atoms with Crippen molar-refractivity contribution in [3.8, 4) is 0 Å². The second kappa shape index (κ2) is 7.03. The Labute approximate surface area is 160 Å². The Bertz CT molecular complexity index is 1010. The Hall–Kier alpha value is -2.87. The van der Waals surface area contributed by atoms with Gasteiger partial charge in [-0.15, -0.1) is 11.8 Å². The van der Waals surface area contributed by atoms with Gasteiger partial charge in [0.25, 0.3) is 0 Å². The number of hydrogen-bond acceptors (Lipinski definition) is 5. The van der Waals surface area contributed by atoms with Gasteiger partial charge in [0.1, 0.15) is 0 Å². The third-order valence-electron chi connectivity index (χ3n) is 4.75. The molecule has 3 aromatic rings. The summed E-state index contributed by atoms with van der Waals surface area (Å²) in [4.78, 5) is 32.1. The molecule has 2 amide bonds. The minimum atomic E-state index is -0.390. The summed E-state index contributed by atoms with van der Waals surface area (Å²) < 4.78 is 0. The number of aromatic nitrogens is 3. The van der Waals surface area contributed by atoms with Crippen LogP contribution in [0.1, 0.15) is 12.1 Å². The monoisotopic (exact) mass is 381 g/mol. The fourth-order valence-corrected chi connectivity index (χ4v) is 3.64. The lowest BCUT2D eigenvalue weighted by Gasteiger charge is -2.17. The average molecular weight is 381 g/mol. The first-order valence-electron chi connectivity index (χ1n) is 8.61.